The Morgan fingerprint density at radius 2 is 1.00 bits per heavy atom. The Kier molecular flexibility index (Phi) is 18.8. The molecule has 0 aliphatic carbocycles. The summed E-state index contributed by atoms with van der Waals surface area (Å²) in [5.41, 5.74) is 7.01. The highest BCUT2D eigenvalue weighted by atomic mass is 16.6. The minimum absolute atomic E-state index is 0.0971. The predicted molar refractivity (Wildman–Crippen MR) is 217 cm³/mol. The van der Waals surface area contributed by atoms with Crippen molar-refractivity contribution in [2.75, 3.05) is 47.3 Å². The number of oxime groups is 2. The van der Waals surface area contributed by atoms with E-state index in [1.54, 1.807) is 44.2 Å². The highest BCUT2D eigenvalue weighted by molar-refractivity contribution is 6.02. The van der Waals surface area contributed by atoms with E-state index in [9.17, 15) is 9.59 Å². The van der Waals surface area contributed by atoms with Gasteiger partial charge in [0.2, 0.25) is 11.5 Å². The molecule has 0 aliphatic rings. The molecule has 4 aromatic rings. The van der Waals surface area contributed by atoms with Crippen molar-refractivity contribution >= 4 is 35.5 Å². The van der Waals surface area contributed by atoms with Gasteiger partial charge in [0.15, 0.2) is 0 Å². The molecule has 296 valence electrons. The van der Waals surface area contributed by atoms with E-state index in [1.165, 1.54) is 20.3 Å². The number of hydrogen-bond acceptors (Lipinski definition) is 11. The van der Waals surface area contributed by atoms with Gasteiger partial charge in [-0.05, 0) is 94.3 Å². The zero-order chi connectivity index (χ0) is 40.7. The van der Waals surface area contributed by atoms with Crippen LogP contribution in [0.5, 0.6) is 11.5 Å². The van der Waals surface area contributed by atoms with Gasteiger partial charge >= 0.3 is 11.9 Å². The normalized spacial score (nSPS) is 11.8. The maximum atomic E-state index is 11.9. The number of hydrogen-bond donors (Lipinski definition) is 1. The number of carbonyl (C=O) groups is 2. The Morgan fingerprint density at radius 1 is 0.589 bits per heavy atom. The molecule has 12 nitrogen and oxygen atoms in total. The van der Waals surface area contributed by atoms with Gasteiger partial charge in [-0.1, -0.05) is 82.1 Å². The molecular weight excluding hydrogens is 716 g/mol. The van der Waals surface area contributed by atoms with Gasteiger partial charge in [-0.25, -0.2) is 9.59 Å². The smallest absolute Gasteiger partial charge is 0.373 e. The van der Waals surface area contributed by atoms with Crippen LogP contribution in [0.25, 0.3) is 12.2 Å². The van der Waals surface area contributed by atoms with Crippen molar-refractivity contribution < 1.29 is 48.1 Å². The van der Waals surface area contributed by atoms with Gasteiger partial charge in [0.1, 0.15) is 50.4 Å². The molecule has 0 heterocycles. The first-order valence-electron chi connectivity index (χ1n) is 18.0. The average molecular weight is 767 g/mol. The fourth-order valence-electron chi connectivity index (χ4n) is 4.96. The van der Waals surface area contributed by atoms with Gasteiger partial charge < -0.3 is 38.5 Å². The summed E-state index contributed by atoms with van der Waals surface area (Å²) in [4.78, 5) is 32.9. The van der Waals surface area contributed by atoms with Crippen molar-refractivity contribution in [2.45, 2.75) is 34.6 Å². The van der Waals surface area contributed by atoms with E-state index in [0.717, 1.165) is 27.8 Å². The van der Waals surface area contributed by atoms with Crippen LogP contribution in [0.15, 0.2) is 119 Å². The maximum Gasteiger partial charge on any atom is 0.373 e. The monoisotopic (exact) mass is 766 g/mol. The zero-order valence-electron chi connectivity index (χ0n) is 32.9. The molecule has 12 heteroatoms. The van der Waals surface area contributed by atoms with E-state index >= 15 is 0 Å². The SMILES string of the molecule is CCO/C(=C\c1ccc(OCC(=NOC)c2cccc(C)c2)cc1)C(=O)O.CCOC(=O)/C(=C/c1ccc(OCC(=NOC)c2cccc(C)c2)cc1)OCC. The number of nitrogens with zero attached hydrogens (tertiary/aromatic N) is 2. The van der Waals surface area contributed by atoms with E-state index in [0.29, 0.717) is 48.3 Å². The molecule has 56 heavy (non-hydrogen) atoms. The first-order valence-corrected chi connectivity index (χ1v) is 18.0. The molecule has 1 N–H and O–H groups in total. The summed E-state index contributed by atoms with van der Waals surface area (Å²) in [7, 11) is 3.01. The lowest BCUT2D eigenvalue weighted by atomic mass is 10.1. The maximum absolute atomic E-state index is 11.9. The highest BCUT2D eigenvalue weighted by Gasteiger charge is 2.13. The van der Waals surface area contributed by atoms with Gasteiger partial charge in [-0.2, -0.15) is 0 Å². The van der Waals surface area contributed by atoms with Gasteiger partial charge in [-0.3, -0.25) is 0 Å². The quantitative estimate of drug-likeness (QED) is 0.0326. The minimum Gasteiger partial charge on any atom is -0.487 e. The van der Waals surface area contributed by atoms with Crippen molar-refractivity contribution in [3.8, 4) is 11.5 Å². The molecule has 0 aliphatic heterocycles. The van der Waals surface area contributed by atoms with Crippen LogP contribution >= 0.6 is 0 Å². The lowest BCUT2D eigenvalue weighted by Crippen LogP contribution is -2.13. The second-order valence-corrected chi connectivity index (χ2v) is 11.8. The summed E-state index contributed by atoms with van der Waals surface area (Å²) in [5, 5.41) is 17.2. The number of esters is 1. The van der Waals surface area contributed by atoms with E-state index in [4.69, 9.17) is 38.5 Å². The van der Waals surface area contributed by atoms with Crippen LogP contribution in [-0.4, -0.2) is 75.7 Å². The third kappa shape index (κ3) is 15.1. The Balaban J connectivity index is 0.000000301. The summed E-state index contributed by atoms with van der Waals surface area (Å²) in [6.07, 6.45) is 3.12. The average Bonchev–Trinajstić information content (AvgIpc) is 3.19. The lowest BCUT2D eigenvalue weighted by molar-refractivity contribution is -0.142. The van der Waals surface area contributed by atoms with Crippen molar-refractivity contribution in [1.82, 2.24) is 0 Å². The number of aryl methyl sites for hydroxylation is 2. The fourth-order valence-corrected chi connectivity index (χ4v) is 4.96. The summed E-state index contributed by atoms with van der Waals surface area (Å²) in [5.74, 6) is -0.189. The molecule has 0 atom stereocenters. The third-order valence-corrected chi connectivity index (χ3v) is 7.50. The molecule has 0 bridgehead atoms. The number of carboxylic acid groups (broad SMARTS) is 1. The Labute approximate surface area is 328 Å². The number of carbonyl (C=O) groups excluding carboxylic acids is 1. The summed E-state index contributed by atoms with van der Waals surface area (Å²) in [6, 6.07) is 30.3. The van der Waals surface area contributed by atoms with E-state index < -0.39 is 11.9 Å². The van der Waals surface area contributed by atoms with Crippen molar-refractivity contribution in [1.29, 1.82) is 0 Å². The number of carboxylic acids is 1. The molecule has 4 aromatic carbocycles. The second-order valence-electron chi connectivity index (χ2n) is 11.8. The fraction of sp³-hybridized carbons (Fsp3) is 0.273. The van der Waals surface area contributed by atoms with Crippen LogP contribution in [-0.2, 0) is 33.5 Å². The van der Waals surface area contributed by atoms with Crippen LogP contribution in [0.1, 0.15) is 54.2 Å². The highest BCUT2D eigenvalue weighted by Crippen LogP contribution is 2.18. The molecule has 0 fully saturated rings. The lowest BCUT2D eigenvalue weighted by Gasteiger charge is -2.10. The van der Waals surface area contributed by atoms with Crippen LogP contribution in [0.4, 0.5) is 0 Å². The van der Waals surface area contributed by atoms with Crippen LogP contribution < -0.4 is 9.47 Å². The molecule has 0 aromatic heterocycles. The first kappa shape index (κ1) is 43.8. The van der Waals surface area contributed by atoms with Gasteiger partial charge in [0.25, 0.3) is 0 Å². The summed E-state index contributed by atoms with van der Waals surface area (Å²) < 4.78 is 27.1. The molecule has 0 saturated carbocycles. The third-order valence-electron chi connectivity index (χ3n) is 7.50. The molecule has 0 unspecified atom stereocenters. The minimum atomic E-state index is -1.10. The van der Waals surface area contributed by atoms with E-state index in [2.05, 4.69) is 10.3 Å². The first-order chi connectivity index (χ1) is 27.1. The van der Waals surface area contributed by atoms with Crippen molar-refractivity contribution in [3.63, 3.8) is 0 Å². The molecule has 0 radical (unpaired) electrons. The molecule has 0 saturated heterocycles. The molecule has 4 rings (SSSR count). The Morgan fingerprint density at radius 3 is 1.38 bits per heavy atom. The molecular formula is C44H50N2O10. The van der Waals surface area contributed by atoms with Crippen LogP contribution in [0, 0.1) is 13.8 Å². The number of ether oxygens (including phenoxy) is 5. The zero-order valence-corrected chi connectivity index (χ0v) is 32.9. The number of benzene rings is 4. The topological polar surface area (TPSA) is 144 Å². The summed E-state index contributed by atoms with van der Waals surface area (Å²) in [6.45, 7) is 10.8. The largest absolute Gasteiger partial charge is 0.487 e. The van der Waals surface area contributed by atoms with Crippen LogP contribution in [0.2, 0.25) is 0 Å². The van der Waals surface area contributed by atoms with Crippen molar-refractivity contribution in [2.24, 2.45) is 10.3 Å². The van der Waals surface area contributed by atoms with E-state index in [1.807, 2.05) is 93.6 Å². The number of rotatable bonds is 19. The number of aliphatic carboxylic acids is 1. The van der Waals surface area contributed by atoms with E-state index in [-0.39, 0.29) is 24.7 Å². The van der Waals surface area contributed by atoms with Gasteiger partial charge in [0.05, 0.1) is 19.8 Å². The summed E-state index contributed by atoms with van der Waals surface area (Å²) >= 11 is 0. The molecule has 0 amide bonds. The van der Waals surface area contributed by atoms with Gasteiger partial charge in [-0.15, -0.1) is 0 Å². The Hall–Kier alpha value is -6.56. The van der Waals surface area contributed by atoms with Crippen molar-refractivity contribution in [3.05, 3.63) is 142 Å². The molecule has 0 spiro atoms. The predicted octanol–water partition coefficient (Wildman–Crippen LogP) is 8.25. The Bertz CT molecular complexity index is 1970. The van der Waals surface area contributed by atoms with Gasteiger partial charge in [0, 0.05) is 11.1 Å². The van der Waals surface area contributed by atoms with Crippen LogP contribution in [0.3, 0.4) is 0 Å². The second kappa shape index (κ2) is 24.0. The standard InChI is InChI=1S/C23H27NO5.C21H23NO5/c1-5-27-22(23(25)28-6-2)15-18-10-12-20(13-11-18)29-16-21(24-26-4)19-9-7-8-17(3)14-19;1-4-26-20(21(23)24)13-16-8-10-18(11-9-16)27-14-19(22-25-3)17-7-5-6-15(2)12-17/h7-15H,5-6,16H2,1-4H3;5-13H,4,14H2,1-3H3,(H,23,24)/b22-15-,24-21?;20-13-,22-19?.